The second-order valence-electron chi connectivity index (χ2n) is 19.3. The number of aryl methyl sites for hydroxylation is 1. The third-order valence-electron chi connectivity index (χ3n) is 14.7. The molecule has 6 fully saturated rings. The smallest absolute Gasteiger partial charge is 0.284 e. The van der Waals surface area contributed by atoms with Gasteiger partial charge in [0.05, 0.1) is 65.0 Å². The number of morpholine rings is 1. The maximum Gasteiger partial charge on any atom is 0.284 e. The van der Waals surface area contributed by atoms with E-state index in [0.717, 1.165) is 112 Å². The number of rotatable bonds is 12. The summed E-state index contributed by atoms with van der Waals surface area (Å²) < 4.78 is 52.5. The van der Waals surface area contributed by atoms with Crippen LogP contribution in [0.4, 0.5) is 20.3 Å². The largest absolute Gasteiger partial charge is 0.489 e. The fourth-order valence-corrected chi connectivity index (χ4v) is 11.3. The quantitative estimate of drug-likeness (QED) is 0.141. The molecule has 0 radical (unpaired) electrons. The standard InChI is InChI=1S/C46H55F2N11O6/c1-26-40-35(59(53-26)36-10-11-39(60)52-45(36)62)4-3-5-37(40)64-32-19-46(2,20-32)65-30-12-15-55(16-13-30)22-27-6-8-28(9-7-27)58-24-34(41(54-58)42(47)48)50-44(61)33-21-49-57-17-14-38(51-43(33)57)56-23-31-18-29(56)25-63-31/h3-5,14,17,21,24,27-32,36,42H,6-13,15-16,18-20,22-23,25H2,1-2H3,(H,50,61)(H,52,60,62)/t27?,28?,29-,31-,32?,36+,46?/m1/s1. The van der Waals surface area contributed by atoms with Gasteiger partial charge in [-0.25, -0.2) is 18.3 Å². The van der Waals surface area contributed by atoms with E-state index in [1.807, 2.05) is 31.2 Å². The number of likely N-dealkylation sites (tertiary alicyclic amines) is 1. The highest BCUT2D eigenvalue weighted by Gasteiger charge is 2.45. The van der Waals surface area contributed by atoms with Crippen LogP contribution in [0.1, 0.15) is 118 Å². The minimum atomic E-state index is -2.85. The van der Waals surface area contributed by atoms with Crippen molar-refractivity contribution < 1.29 is 37.4 Å². The number of aromatic nitrogens is 7. The van der Waals surface area contributed by atoms with E-state index in [1.54, 1.807) is 21.8 Å². The zero-order valence-electron chi connectivity index (χ0n) is 36.7. The van der Waals surface area contributed by atoms with Crippen LogP contribution in [-0.4, -0.2) is 120 Å². The van der Waals surface area contributed by atoms with Crippen molar-refractivity contribution in [2.24, 2.45) is 5.92 Å². The Kier molecular flexibility index (Phi) is 10.8. The van der Waals surface area contributed by atoms with Gasteiger partial charge < -0.3 is 29.3 Å². The van der Waals surface area contributed by atoms with Crippen LogP contribution in [0, 0.1) is 12.8 Å². The van der Waals surface area contributed by atoms with Crippen molar-refractivity contribution in [3.63, 3.8) is 0 Å². The predicted octanol–water partition coefficient (Wildman–Crippen LogP) is 5.94. The molecule has 2 aliphatic carbocycles. The third-order valence-corrected chi connectivity index (χ3v) is 14.7. The maximum absolute atomic E-state index is 14.3. The molecular weight excluding hydrogens is 841 g/mol. The molecule has 17 nitrogen and oxygen atoms in total. The summed E-state index contributed by atoms with van der Waals surface area (Å²) in [5.74, 6) is 0.855. The average molecular weight is 896 g/mol. The molecule has 2 N–H and O–H groups in total. The molecular formula is C46H55F2N11O6. The van der Waals surface area contributed by atoms with Crippen molar-refractivity contribution in [3.05, 3.63) is 59.8 Å². The number of ether oxygens (including phenoxy) is 3. The van der Waals surface area contributed by atoms with E-state index < -0.39 is 24.1 Å². The fourth-order valence-electron chi connectivity index (χ4n) is 11.3. The van der Waals surface area contributed by atoms with Crippen molar-refractivity contribution in [1.29, 1.82) is 0 Å². The van der Waals surface area contributed by atoms with E-state index in [4.69, 9.17) is 24.3 Å². The van der Waals surface area contributed by atoms with Gasteiger partial charge in [-0.3, -0.25) is 29.1 Å². The van der Waals surface area contributed by atoms with Gasteiger partial charge in [0.15, 0.2) is 11.3 Å². The lowest BCUT2D eigenvalue weighted by atomic mass is 9.78. The first-order chi connectivity index (χ1) is 31.4. The van der Waals surface area contributed by atoms with Gasteiger partial charge in [0.2, 0.25) is 5.91 Å². The maximum atomic E-state index is 14.3. The number of benzene rings is 1. The number of nitrogens with zero attached hydrogens (tertiary/aromatic N) is 9. The number of piperidine rings is 2. The van der Waals surface area contributed by atoms with Gasteiger partial charge in [-0.2, -0.15) is 15.3 Å². The first-order valence-corrected chi connectivity index (χ1v) is 23.2. The molecule has 4 saturated heterocycles. The fraction of sp³-hybridized carbons (Fsp3) is 0.587. The minimum absolute atomic E-state index is 0.00466. The first kappa shape index (κ1) is 42.1. The summed E-state index contributed by atoms with van der Waals surface area (Å²) in [6.45, 7) is 8.42. The normalized spacial score (nSPS) is 28.7. The van der Waals surface area contributed by atoms with Crippen LogP contribution in [-0.2, 0) is 19.1 Å². The van der Waals surface area contributed by atoms with Gasteiger partial charge in [-0.15, -0.1) is 0 Å². The van der Waals surface area contributed by atoms with Gasteiger partial charge in [0.25, 0.3) is 18.2 Å². The number of fused-ring (bicyclic) bond motifs is 4. The molecule has 0 unspecified atom stereocenters. The zero-order valence-corrected chi connectivity index (χ0v) is 36.7. The lowest BCUT2D eigenvalue weighted by Crippen LogP contribution is -2.52. The molecule has 344 valence electrons. The van der Waals surface area contributed by atoms with Crippen LogP contribution in [0.3, 0.4) is 0 Å². The van der Waals surface area contributed by atoms with Gasteiger partial charge in [-0.1, -0.05) is 6.07 Å². The van der Waals surface area contributed by atoms with Gasteiger partial charge in [-0.05, 0) is 89.3 Å². The Bertz CT molecular complexity index is 2630. The molecule has 5 aromatic rings. The number of amides is 3. The second-order valence-corrected chi connectivity index (χ2v) is 19.3. The topological polar surface area (TPSA) is 175 Å². The van der Waals surface area contributed by atoms with Crippen LogP contribution in [0.2, 0.25) is 0 Å². The SMILES string of the molecule is Cc1nn([C@H]2CCC(=O)NC2=O)c2cccc(OC3CC(C)(OC4CCN(CC5CCC(n6cc(NC(=O)c7cnn8ccc(N9C[C@H]%10C[C@@H]9CO%10)nc78)c(C(F)F)n6)CC5)CC4)C3)c12. The van der Waals surface area contributed by atoms with Gasteiger partial charge in [0.1, 0.15) is 29.3 Å². The van der Waals surface area contributed by atoms with E-state index in [1.165, 1.54) is 10.7 Å². The molecule has 4 aliphatic heterocycles. The highest BCUT2D eigenvalue weighted by atomic mass is 19.3. The number of anilines is 2. The van der Waals surface area contributed by atoms with E-state index in [-0.39, 0.29) is 65.5 Å². The molecule has 3 atom stereocenters. The summed E-state index contributed by atoms with van der Waals surface area (Å²) in [6.07, 6.45) is 11.0. The number of hydrogen-bond acceptors (Lipinski definition) is 12. The molecule has 6 aliphatic rings. The molecule has 11 rings (SSSR count). The number of carbonyl (C=O) groups excluding carboxylic acids is 3. The van der Waals surface area contributed by atoms with Crippen LogP contribution in [0.5, 0.6) is 5.75 Å². The molecule has 3 amide bonds. The number of hydrogen-bond donors (Lipinski definition) is 2. The summed E-state index contributed by atoms with van der Waals surface area (Å²) in [5, 5.41) is 19.3. The van der Waals surface area contributed by atoms with E-state index in [9.17, 15) is 23.2 Å². The average Bonchev–Trinajstić information content (AvgIpc) is 4.14. The number of alkyl halides is 2. The third kappa shape index (κ3) is 8.13. The van der Waals surface area contributed by atoms with E-state index >= 15 is 0 Å². The minimum Gasteiger partial charge on any atom is -0.489 e. The Morgan fingerprint density at radius 3 is 2.58 bits per heavy atom. The van der Waals surface area contributed by atoms with Gasteiger partial charge in [0, 0.05) is 57.8 Å². The molecule has 1 aromatic carbocycles. The lowest BCUT2D eigenvalue weighted by Gasteiger charge is -2.47. The molecule has 2 bridgehead atoms. The Morgan fingerprint density at radius 2 is 1.85 bits per heavy atom. The highest BCUT2D eigenvalue weighted by Crippen LogP contribution is 2.43. The summed E-state index contributed by atoms with van der Waals surface area (Å²) in [7, 11) is 0. The summed E-state index contributed by atoms with van der Waals surface area (Å²) in [4.78, 5) is 47.4. The Labute approximate surface area is 374 Å². The van der Waals surface area contributed by atoms with Crippen molar-refractivity contribution in [2.45, 2.75) is 133 Å². The Morgan fingerprint density at radius 1 is 1.03 bits per heavy atom. The van der Waals surface area contributed by atoms with E-state index in [0.29, 0.717) is 24.6 Å². The second kappa shape index (κ2) is 16.7. The van der Waals surface area contributed by atoms with Gasteiger partial charge >= 0.3 is 0 Å². The van der Waals surface area contributed by atoms with Crippen LogP contribution >= 0.6 is 0 Å². The Hall–Kier alpha value is -5.53. The predicted molar refractivity (Wildman–Crippen MR) is 233 cm³/mol. The summed E-state index contributed by atoms with van der Waals surface area (Å²) >= 11 is 0. The number of halogens is 2. The summed E-state index contributed by atoms with van der Waals surface area (Å²) in [5.41, 5.74) is 1.47. The molecule has 2 saturated carbocycles. The van der Waals surface area contributed by atoms with Crippen molar-refractivity contribution >= 4 is 45.8 Å². The van der Waals surface area contributed by atoms with E-state index in [2.05, 4.69) is 37.6 Å². The lowest BCUT2D eigenvalue weighted by molar-refractivity contribution is -0.175. The highest BCUT2D eigenvalue weighted by molar-refractivity contribution is 6.08. The van der Waals surface area contributed by atoms with Crippen LogP contribution in [0.25, 0.3) is 16.6 Å². The number of nitrogens with one attached hydrogen (secondary N) is 2. The molecule has 0 spiro atoms. The monoisotopic (exact) mass is 895 g/mol. The molecule has 19 heteroatoms. The first-order valence-electron chi connectivity index (χ1n) is 23.2. The van der Waals surface area contributed by atoms with Crippen molar-refractivity contribution in [1.82, 2.24) is 44.4 Å². The molecule has 8 heterocycles. The number of carbonyl (C=O) groups is 3. The molecule has 4 aromatic heterocycles. The van der Waals surface area contributed by atoms with Crippen LogP contribution < -0.4 is 20.3 Å². The molecule has 65 heavy (non-hydrogen) atoms. The van der Waals surface area contributed by atoms with Crippen molar-refractivity contribution in [3.8, 4) is 5.75 Å². The number of imide groups is 1. The van der Waals surface area contributed by atoms with Crippen LogP contribution in [0.15, 0.2) is 42.9 Å². The van der Waals surface area contributed by atoms with Crippen molar-refractivity contribution in [2.75, 3.05) is 43.0 Å². The zero-order chi connectivity index (χ0) is 44.6. The summed E-state index contributed by atoms with van der Waals surface area (Å²) in [6, 6.07) is 7.37. The Balaban J connectivity index is 0.642.